The van der Waals surface area contributed by atoms with Crippen LogP contribution in [0, 0.1) is 22.7 Å². The highest BCUT2D eigenvalue weighted by molar-refractivity contribution is 8.02. The lowest BCUT2D eigenvalue weighted by atomic mass is 9.70. The third-order valence-corrected chi connectivity index (χ3v) is 10.2. The minimum atomic E-state index is 0.310. The molecule has 2 aliphatic carbocycles. The molecule has 1 saturated heterocycles. The lowest BCUT2D eigenvalue weighted by molar-refractivity contribution is 0.0700. The van der Waals surface area contributed by atoms with Crippen molar-refractivity contribution in [1.82, 2.24) is 0 Å². The number of hydrogen-bond donors (Lipinski definition) is 0. The summed E-state index contributed by atoms with van der Waals surface area (Å²) in [6.45, 7) is 14.2. The Morgan fingerprint density at radius 3 is 1.84 bits per heavy atom. The molecule has 31 heavy (non-hydrogen) atoms. The monoisotopic (exact) mass is 446 g/mol. The number of hydrogen-bond acceptors (Lipinski definition) is 5. The summed E-state index contributed by atoms with van der Waals surface area (Å²) in [5.74, 6) is 3.56. The molecule has 3 aliphatic heterocycles. The summed E-state index contributed by atoms with van der Waals surface area (Å²) in [7, 11) is 0. The lowest BCUT2D eigenvalue weighted by Crippen LogP contribution is -2.36. The van der Waals surface area contributed by atoms with Crippen LogP contribution in [0.5, 0.6) is 0 Å². The van der Waals surface area contributed by atoms with Crippen molar-refractivity contribution in [2.24, 2.45) is 32.7 Å². The van der Waals surface area contributed by atoms with Crippen LogP contribution in [0.4, 0.5) is 0 Å². The van der Waals surface area contributed by atoms with Gasteiger partial charge < -0.3 is 9.47 Å². The first-order valence-corrected chi connectivity index (χ1v) is 13.7. The smallest absolute Gasteiger partial charge is 0.197 e. The quantitative estimate of drug-likeness (QED) is 0.502. The van der Waals surface area contributed by atoms with E-state index in [2.05, 4.69) is 41.5 Å². The van der Waals surface area contributed by atoms with Crippen molar-refractivity contribution in [3.05, 3.63) is 0 Å². The van der Waals surface area contributed by atoms with Crippen molar-refractivity contribution in [3.8, 4) is 0 Å². The summed E-state index contributed by atoms with van der Waals surface area (Å²) in [5.41, 5.74) is 0.738. The van der Waals surface area contributed by atoms with Crippen molar-refractivity contribution in [3.63, 3.8) is 0 Å². The summed E-state index contributed by atoms with van der Waals surface area (Å²) in [6, 6.07) is 0.774. The second-order valence-electron chi connectivity index (χ2n) is 12.8. The molecule has 174 valence electrons. The van der Waals surface area contributed by atoms with Crippen LogP contribution in [0.25, 0.3) is 0 Å². The van der Waals surface area contributed by atoms with E-state index >= 15 is 0 Å². The van der Waals surface area contributed by atoms with E-state index in [-0.39, 0.29) is 0 Å². The normalized spacial score (nSPS) is 42.9. The van der Waals surface area contributed by atoms with Crippen LogP contribution in [-0.4, -0.2) is 46.6 Å². The van der Waals surface area contributed by atoms with Gasteiger partial charge in [-0.1, -0.05) is 41.5 Å². The second-order valence-corrected chi connectivity index (χ2v) is 14.2. The molecule has 8 unspecified atom stereocenters. The number of fused-ring (bicyclic) bond motifs is 2. The van der Waals surface area contributed by atoms with Crippen LogP contribution in [-0.2, 0) is 9.47 Å². The third kappa shape index (κ3) is 4.42. The molecule has 2 saturated carbocycles. The van der Waals surface area contributed by atoms with Gasteiger partial charge in [-0.2, -0.15) is 0 Å². The van der Waals surface area contributed by atoms with Crippen LogP contribution < -0.4 is 0 Å². The molecule has 5 rings (SSSR count). The zero-order valence-corrected chi connectivity index (χ0v) is 21.2. The Balaban J connectivity index is 1.18. The van der Waals surface area contributed by atoms with E-state index < -0.39 is 0 Å². The molecule has 0 amide bonds. The Kier molecular flexibility index (Phi) is 5.67. The highest BCUT2D eigenvalue weighted by atomic mass is 32.2. The van der Waals surface area contributed by atoms with Gasteiger partial charge in [-0.05, 0) is 74.0 Å². The molecule has 0 bridgehead atoms. The SMILES string of the molecule is CC(C)(C)C1CCC2OC(C3CCC(C4=NC5CCC(C(C)(C)C)CC5O4)S3)=NC2C1. The summed E-state index contributed by atoms with van der Waals surface area (Å²) < 4.78 is 12.9. The van der Waals surface area contributed by atoms with Crippen LogP contribution in [0.15, 0.2) is 9.98 Å². The molecule has 0 aromatic heterocycles. The molecule has 8 atom stereocenters. The first-order valence-electron chi connectivity index (χ1n) is 12.7. The largest absolute Gasteiger partial charge is 0.475 e. The van der Waals surface area contributed by atoms with Gasteiger partial charge >= 0.3 is 0 Å². The van der Waals surface area contributed by atoms with Gasteiger partial charge in [0.1, 0.15) is 12.2 Å². The van der Waals surface area contributed by atoms with E-state index in [0.717, 1.165) is 49.3 Å². The second kappa shape index (κ2) is 7.95. The Hall–Kier alpha value is -0.710. The zero-order valence-electron chi connectivity index (χ0n) is 20.4. The minimum absolute atomic E-state index is 0.310. The number of rotatable bonds is 2. The predicted molar refractivity (Wildman–Crippen MR) is 130 cm³/mol. The fourth-order valence-electron chi connectivity index (χ4n) is 6.37. The van der Waals surface area contributed by atoms with Gasteiger partial charge in [0, 0.05) is 0 Å². The topological polar surface area (TPSA) is 43.2 Å². The third-order valence-electron chi connectivity index (χ3n) is 8.66. The molecule has 3 fully saturated rings. The van der Waals surface area contributed by atoms with Gasteiger partial charge in [-0.15, -0.1) is 11.8 Å². The van der Waals surface area contributed by atoms with Crippen LogP contribution in [0.1, 0.15) is 92.9 Å². The Morgan fingerprint density at radius 1 is 0.645 bits per heavy atom. The highest BCUT2D eigenvalue weighted by Gasteiger charge is 2.46. The molecule has 0 aromatic rings. The standard InChI is InChI=1S/C26H42N2O2S/c1-25(2,3)15-8-10-19-18(13-15)28-24(29-19)22-12-11-21(31-22)23-27-17-9-7-16(26(4,5)6)14-20(17)30-23/h15-22H,7-14H2,1-6H3. The van der Waals surface area contributed by atoms with Crippen molar-refractivity contribution in [2.75, 3.05) is 0 Å². The number of ether oxygens (including phenoxy) is 2. The molecule has 0 radical (unpaired) electrons. The van der Waals surface area contributed by atoms with Gasteiger partial charge in [-0.25, -0.2) is 9.98 Å². The molecule has 5 heteroatoms. The van der Waals surface area contributed by atoms with Crippen molar-refractivity contribution >= 4 is 23.6 Å². The van der Waals surface area contributed by atoms with Crippen LogP contribution >= 0.6 is 11.8 Å². The van der Waals surface area contributed by atoms with Gasteiger partial charge in [-0.3, -0.25) is 0 Å². The van der Waals surface area contributed by atoms with Crippen molar-refractivity contribution < 1.29 is 9.47 Å². The predicted octanol–water partition coefficient (Wildman–Crippen LogP) is 6.27. The Labute approximate surface area is 193 Å². The molecule has 5 aliphatic rings. The number of thioether (sulfide) groups is 1. The van der Waals surface area contributed by atoms with E-state index in [1.54, 1.807) is 0 Å². The van der Waals surface area contributed by atoms with E-state index in [1.807, 2.05) is 11.8 Å². The summed E-state index contributed by atoms with van der Waals surface area (Å²) in [6.07, 6.45) is 10.2. The Bertz CT molecular complexity index is 749. The number of aliphatic imine (C=N–C) groups is 2. The highest BCUT2D eigenvalue weighted by Crippen LogP contribution is 2.46. The van der Waals surface area contributed by atoms with Gasteiger partial charge in [0.15, 0.2) is 11.8 Å². The molecule has 0 spiro atoms. The first kappa shape index (κ1) is 22.1. The molecule has 4 nitrogen and oxygen atoms in total. The Morgan fingerprint density at radius 2 is 1.19 bits per heavy atom. The average Bonchev–Trinajstić information content (AvgIpc) is 3.41. The van der Waals surface area contributed by atoms with Crippen LogP contribution in [0.3, 0.4) is 0 Å². The summed E-state index contributed by atoms with van der Waals surface area (Å²) >= 11 is 2.00. The zero-order chi connectivity index (χ0) is 22.0. The maximum absolute atomic E-state index is 6.48. The summed E-state index contributed by atoms with van der Waals surface area (Å²) in [5, 5.41) is 0.778. The minimum Gasteiger partial charge on any atom is -0.475 e. The van der Waals surface area contributed by atoms with E-state index in [0.29, 0.717) is 45.6 Å². The van der Waals surface area contributed by atoms with Gasteiger partial charge in [0.05, 0.1) is 22.6 Å². The molecule has 3 heterocycles. The first-order chi connectivity index (χ1) is 14.6. The van der Waals surface area contributed by atoms with Crippen LogP contribution in [0.2, 0.25) is 0 Å². The molecule has 0 N–H and O–H groups in total. The van der Waals surface area contributed by atoms with Crippen molar-refractivity contribution in [1.29, 1.82) is 0 Å². The van der Waals surface area contributed by atoms with Gasteiger partial charge in [0.25, 0.3) is 0 Å². The lowest BCUT2D eigenvalue weighted by Gasteiger charge is -2.37. The van der Waals surface area contributed by atoms with E-state index in [1.165, 1.54) is 25.7 Å². The fourth-order valence-corrected chi connectivity index (χ4v) is 7.78. The molecule has 0 aromatic carbocycles. The number of nitrogens with zero attached hydrogens (tertiary/aromatic N) is 2. The molecular formula is C26H42N2O2S. The average molecular weight is 447 g/mol. The molecular weight excluding hydrogens is 404 g/mol. The maximum Gasteiger partial charge on any atom is 0.197 e. The van der Waals surface area contributed by atoms with E-state index in [9.17, 15) is 0 Å². The van der Waals surface area contributed by atoms with E-state index in [4.69, 9.17) is 19.5 Å². The van der Waals surface area contributed by atoms with Crippen molar-refractivity contribution in [2.45, 2.75) is 128 Å². The fraction of sp³-hybridized carbons (Fsp3) is 0.923. The van der Waals surface area contributed by atoms with Gasteiger partial charge in [0.2, 0.25) is 0 Å². The summed E-state index contributed by atoms with van der Waals surface area (Å²) in [4.78, 5) is 10.2. The maximum atomic E-state index is 6.48.